The molecule has 11 heteroatoms. The highest BCUT2D eigenvalue weighted by Gasteiger charge is 2.27. The minimum absolute atomic E-state index is 0.162. The molecule has 0 radical (unpaired) electrons. The van der Waals surface area contributed by atoms with Crippen molar-refractivity contribution in [2.24, 2.45) is 10.8 Å². The number of nitro groups is 1. The van der Waals surface area contributed by atoms with Crippen LogP contribution in [0.1, 0.15) is 41.0 Å². The minimum atomic E-state index is -0.906. The molecule has 0 unspecified atom stereocenters. The zero-order chi connectivity index (χ0) is 28.2. The quantitative estimate of drug-likeness (QED) is 0.0784. The van der Waals surface area contributed by atoms with E-state index < -0.39 is 17.0 Å². The number of aromatic hydroxyl groups is 1. The topological polar surface area (TPSA) is 172 Å². The molecule has 6 N–H and O–H groups in total. The molecule has 11 nitrogen and oxygen atoms in total. The van der Waals surface area contributed by atoms with Gasteiger partial charge in [-0.3, -0.25) is 9.59 Å². The Morgan fingerprint density at radius 1 is 0.974 bits per heavy atom. The van der Waals surface area contributed by atoms with Gasteiger partial charge in [-0.1, -0.05) is 72.8 Å². The van der Waals surface area contributed by atoms with Crippen molar-refractivity contribution in [1.29, 1.82) is 0 Å². The Balaban J connectivity index is 1.76. The van der Waals surface area contributed by atoms with E-state index >= 15 is 0 Å². The Labute approximate surface area is 226 Å². The lowest BCUT2D eigenvalue weighted by Crippen LogP contribution is -2.48. The second-order valence-electron chi connectivity index (χ2n) is 8.95. The summed E-state index contributed by atoms with van der Waals surface area (Å²) in [5.41, 5.74) is 8.50. The third-order valence-corrected chi connectivity index (χ3v) is 6.05. The fraction of sp³-hybridized carbons (Fsp3) is 0.250. The first kappa shape index (κ1) is 28.6. The van der Waals surface area contributed by atoms with Crippen LogP contribution in [0.4, 0.5) is 0 Å². The third kappa shape index (κ3) is 8.85. The summed E-state index contributed by atoms with van der Waals surface area (Å²) in [6.45, 7) is 2.17. The lowest BCUT2D eigenvalue weighted by atomic mass is 9.90. The summed E-state index contributed by atoms with van der Waals surface area (Å²) in [7, 11) is 0. The van der Waals surface area contributed by atoms with Crippen LogP contribution < -0.4 is 21.7 Å². The molecule has 0 heterocycles. The van der Waals surface area contributed by atoms with Gasteiger partial charge < -0.3 is 26.8 Å². The first-order valence-electron chi connectivity index (χ1n) is 12.4. The number of rotatable bonds is 12. The van der Waals surface area contributed by atoms with Gasteiger partial charge in [0.05, 0.1) is 5.92 Å². The van der Waals surface area contributed by atoms with E-state index in [9.17, 15) is 24.8 Å². The number of nitrogens with two attached hydrogens (primary N) is 1. The normalized spacial score (nSPS) is 12.0. The highest BCUT2D eigenvalue weighted by molar-refractivity contribution is 5.92. The van der Waals surface area contributed by atoms with Crippen LogP contribution in [0, 0.1) is 17.0 Å². The van der Waals surface area contributed by atoms with Crippen molar-refractivity contribution in [3.05, 3.63) is 111 Å². The van der Waals surface area contributed by atoms with Crippen molar-refractivity contribution < 1.29 is 19.7 Å². The number of benzene rings is 3. The summed E-state index contributed by atoms with van der Waals surface area (Å²) in [5.74, 6) is -1.55. The largest absolute Gasteiger partial charge is 0.508 e. The van der Waals surface area contributed by atoms with Gasteiger partial charge in [-0.15, -0.1) is 0 Å². The molecule has 1 atom stereocenters. The molecule has 3 aromatic carbocycles. The predicted octanol–water partition coefficient (Wildman–Crippen LogP) is 2.51. The molecule has 0 bridgehead atoms. The fourth-order valence-corrected chi connectivity index (χ4v) is 4.10. The monoisotopic (exact) mass is 532 g/mol. The summed E-state index contributed by atoms with van der Waals surface area (Å²) in [4.78, 5) is 37.3. The highest BCUT2D eigenvalue weighted by atomic mass is 16.7. The molecule has 204 valence electrons. The average Bonchev–Trinajstić information content (AvgIpc) is 2.92. The molecule has 3 aromatic rings. The Morgan fingerprint density at radius 2 is 1.59 bits per heavy atom. The smallest absolute Gasteiger partial charge is 0.266 e. The van der Waals surface area contributed by atoms with E-state index in [1.807, 2.05) is 60.7 Å². The van der Waals surface area contributed by atoms with Crippen LogP contribution in [-0.4, -0.2) is 40.5 Å². The summed E-state index contributed by atoms with van der Waals surface area (Å²) < 4.78 is 0. The predicted molar refractivity (Wildman–Crippen MR) is 147 cm³/mol. The number of aryl methyl sites for hydroxylation is 1. The molecule has 0 saturated heterocycles. The molecule has 3 rings (SSSR count). The SMILES string of the molecule is Cc1cc(CNC(=O)[C@H](CCCNC(N)=N[N+](=O)[O-])NC(=O)C(c2ccccc2)c2ccccc2)ccc1O. The molecule has 0 aliphatic rings. The van der Waals surface area contributed by atoms with Crippen molar-refractivity contribution in [2.45, 2.75) is 38.3 Å². The Bertz CT molecular complexity index is 1260. The second kappa shape index (κ2) is 14.1. The summed E-state index contributed by atoms with van der Waals surface area (Å²) in [6, 6.07) is 22.7. The standard InChI is InChI=1S/C28H32N6O5/c1-19-17-20(14-15-24(19)35)18-31-26(36)23(13-8-16-30-28(29)33-34(38)39)32-27(37)25(21-9-4-2-5-10-21)22-11-6-3-7-12-22/h2-7,9-12,14-15,17,23,25,35H,8,13,16,18H2,1H3,(H,31,36)(H,32,37)(H3,29,30,33)/t23-/m0/s1. The van der Waals surface area contributed by atoms with E-state index in [1.165, 1.54) is 0 Å². The van der Waals surface area contributed by atoms with Crippen LogP contribution in [0.15, 0.2) is 84.0 Å². The molecule has 0 aliphatic heterocycles. The zero-order valence-corrected chi connectivity index (χ0v) is 21.5. The number of nitrogens with zero attached hydrogens (tertiary/aromatic N) is 2. The first-order valence-corrected chi connectivity index (χ1v) is 12.4. The van der Waals surface area contributed by atoms with Crippen molar-refractivity contribution in [1.82, 2.24) is 16.0 Å². The van der Waals surface area contributed by atoms with Gasteiger partial charge in [0.2, 0.25) is 11.8 Å². The Hall–Kier alpha value is -4.93. The second-order valence-corrected chi connectivity index (χ2v) is 8.95. The number of phenols is 1. The van der Waals surface area contributed by atoms with Gasteiger partial charge in [0.25, 0.3) is 5.96 Å². The summed E-state index contributed by atoms with van der Waals surface area (Å²) in [6.07, 6.45) is 0.604. The van der Waals surface area contributed by atoms with Crippen LogP contribution >= 0.6 is 0 Å². The maximum Gasteiger partial charge on any atom is 0.266 e. The summed E-state index contributed by atoms with van der Waals surface area (Å²) in [5, 5.41) is 30.7. The number of carbonyl (C=O) groups excluding carboxylic acids is 2. The summed E-state index contributed by atoms with van der Waals surface area (Å²) >= 11 is 0. The van der Waals surface area contributed by atoms with Gasteiger partial charge in [0.15, 0.2) is 5.03 Å². The van der Waals surface area contributed by atoms with E-state index in [1.54, 1.807) is 25.1 Å². The number of carbonyl (C=O) groups is 2. The molecule has 0 aliphatic carbocycles. The van der Waals surface area contributed by atoms with E-state index in [0.29, 0.717) is 12.0 Å². The zero-order valence-electron chi connectivity index (χ0n) is 21.5. The number of hydrogen-bond acceptors (Lipinski definition) is 5. The fourth-order valence-electron chi connectivity index (χ4n) is 4.10. The van der Waals surface area contributed by atoms with Gasteiger partial charge in [-0.2, -0.15) is 0 Å². The lowest BCUT2D eigenvalue weighted by molar-refractivity contribution is -0.485. The number of nitrogens with one attached hydrogen (secondary N) is 3. The molecule has 39 heavy (non-hydrogen) atoms. The number of hydrazone groups is 1. The van der Waals surface area contributed by atoms with Crippen molar-refractivity contribution >= 4 is 17.8 Å². The van der Waals surface area contributed by atoms with Gasteiger partial charge in [-0.05, 0) is 48.1 Å². The van der Waals surface area contributed by atoms with Gasteiger partial charge in [0, 0.05) is 13.1 Å². The van der Waals surface area contributed by atoms with Crippen LogP contribution in [0.25, 0.3) is 0 Å². The maximum absolute atomic E-state index is 13.6. The molecule has 0 saturated carbocycles. The third-order valence-electron chi connectivity index (χ3n) is 6.05. The molecule has 0 aromatic heterocycles. The van der Waals surface area contributed by atoms with E-state index in [-0.39, 0.29) is 43.0 Å². The van der Waals surface area contributed by atoms with Crippen LogP contribution in [0.3, 0.4) is 0 Å². The maximum atomic E-state index is 13.6. The van der Waals surface area contributed by atoms with E-state index in [0.717, 1.165) is 16.7 Å². The van der Waals surface area contributed by atoms with Crippen molar-refractivity contribution in [3.63, 3.8) is 0 Å². The molecular formula is C28H32N6O5. The number of guanidine groups is 1. The van der Waals surface area contributed by atoms with Crippen molar-refractivity contribution in [3.8, 4) is 5.75 Å². The van der Waals surface area contributed by atoms with Crippen LogP contribution in [0.5, 0.6) is 5.75 Å². The lowest BCUT2D eigenvalue weighted by Gasteiger charge is -2.23. The van der Waals surface area contributed by atoms with E-state index in [2.05, 4.69) is 21.1 Å². The Kier molecular flexibility index (Phi) is 10.4. The minimum Gasteiger partial charge on any atom is -0.508 e. The number of hydrogen-bond donors (Lipinski definition) is 5. The molecule has 0 spiro atoms. The van der Waals surface area contributed by atoms with Gasteiger partial charge in [0.1, 0.15) is 16.9 Å². The van der Waals surface area contributed by atoms with Gasteiger partial charge in [-0.25, -0.2) is 10.1 Å². The number of phenolic OH excluding ortho intramolecular Hbond substituents is 1. The van der Waals surface area contributed by atoms with E-state index in [4.69, 9.17) is 5.73 Å². The number of amides is 2. The van der Waals surface area contributed by atoms with Crippen LogP contribution in [0.2, 0.25) is 0 Å². The van der Waals surface area contributed by atoms with Gasteiger partial charge >= 0.3 is 0 Å². The first-order chi connectivity index (χ1) is 18.7. The van der Waals surface area contributed by atoms with Crippen LogP contribution in [-0.2, 0) is 16.1 Å². The molecule has 0 fully saturated rings. The molecular weight excluding hydrogens is 500 g/mol. The highest BCUT2D eigenvalue weighted by Crippen LogP contribution is 2.25. The average molecular weight is 533 g/mol. The van der Waals surface area contributed by atoms with Crippen molar-refractivity contribution in [2.75, 3.05) is 6.54 Å². The Morgan fingerprint density at radius 3 is 2.15 bits per heavy atom. The molecule has 2 amide bonds.